The van der Waals surface area contributed by atoms with Crippen molar-refractivity contribution >= 4 is 17.0 Å². The van der Waals surface area contributed by atoms with Crippen molar-refractivity contribution in [1.82, 2.24) is 19.7 Å². The number of aromatic nitrogens is 3. The zero-order valence-corrected chi connectivity index (χ0v) is 14.4. The first-order valence-corrected chi connectivity index (χ1v) is 9.05. The Morgan fingerprint density at radius 1 is 1.31 bits per heavy atom. The van der Waals surface area contributed by atoms with E-state index in [1.54, 1.807) is 12.1 Å². The number of fused-ring (bicyclic) bond motifs is 3. The Morgan fingerprint density at radius 2 is 2.19 bits per heavy atom. The average molecular weight is 352 g/mol. The quantitative estimate of drug-likeness (QED) is 0.762. The molecule has 3 aromatic rings. The van der Waals surface area contributed by atoms with Crippen LogP contribution in [0.5, 0.6) is 0 Å². The molecule has 7 nitrogen and oxygen atoms in total. The number of aryl methyl sites for hydroxylation is 1. The van der Waals surface area contributed by atoms with Crippen molar-refractivity contribution in [3.05, 3.63) is 52.3 Å². The first-order chi connectivity index (χ1) is 12.7. The summed E-state index contributed by atoms with van der Waals surface area (Å²) < 4.78 is 6.67. The van der Waals surface area contributed by atoms with Crippen LogP contribution >= 0.6 is 0 Å². The van der Waals surface area contributed by atoms with E-state index in [1.807, 2.05) is 23.2 Å². The average Bonchev–Trinajstić information content (AvgIpc) is 3.33. The second kappa shape index (κ2) is 5.59. The van der Waals surface area contributed by atoms with E-state index < -0.39 is 5.76 Å². The Balaban J connectivity index is 1.41. The number of para-hydroxylation sites is 2. The van der Waals surface area contributed by atoms with Gasteiger partial charge in [0.15, 0.2) is 5.58 Å². The summed E-state index contributed by atoms with van der Waals surface area (Å²) in [6, 6.07) is 7.20. The molecule has 1 spiro atoms. The predicted molar refractivity (Wildman–Crippen MR) is 94.9 cm³/mol. The maximum atomic E-state index is 13.0. The number of H-pyrrole nitrogens is 1. The summed E-state index contributed by atoms with van der Waals surface area (Å²) in [7, 11) is 0. The van der Waals surface area contributed by atoms with E-state index in [0.717, 1.165) is 32.2 Å². The molecule has 1 N–H and O–H groups in total. The van der Waals surface area contributed by atoms with Gasteiger partial charge < -0.3 is 9.32 Å². The van der Waals surface area contributed by atoms with E-state index in [-0.39, 0.29) is 17.9 Å². The lowest BCUT2D eigenvalue weighted by molar-refractivity contribution is -0.134. The molecule has 0 radical (unpaired) electrons. The van der Waals surface area contributed by atoms with Crippen LogP contribution in [-0.4, -0.2) is 38.7 Å². The molecule has 1 amide bonds. The third-order valence-electron chi connectivity index (χ3n) is 5.92. The smallest absolute Gasteiger partial charge is 0.408 e. The van der Waals surface area contributed by atoms with Crippen molar-refractivity contribution in [2.24, 2.45) is 0 Å². The largest absolute Gasteiger partial charge is 0.420 e. The summed E-state index contributed by atoms with van der Waals surface area (Å²) >= 11 is 0. The van der Waals surface area contributed by atoms with Crippen molar-refractivity contribution in [1.29, 1.82) is 0 Å². The monoisotopic (exact) mass is 352 g/mol. The molecule has 1 unspecified atom stereocenters. The van der Waals surface area contributed by atoms with Crippen LogP contribution < -0.4 is 5.76 Å². The number of likely N-dealkylation sites (tertiary alicyclic amines) is 1. The number of hydrogen-bond acceptors (Lipinski definition) is 4. The van der Waals surface area contributed by atoms with Crippen molar-refractivity contribution < 1.29 is 9.21 Å². The fourth-order valence-electron chi connectivity index (χ4n) is 4.61. The first kappa shape index (κ1) is 15.4. The van der Waals surface area contributed by atoms with E-state index >= 15 is 0 Å². The summed E-state index contributed by atoms with van der Waals surface area (Å²) in [5.74, 6) is -0.520. The second-order valence-corrected chi connectivity index (χ2v) is 7.39. The van der Waals surface area contributed by atoms with E-state index in [1.165, 1.54) is 15.8 Å². The molecule has 134 valence electrons. The summed E-state index contributed by atoms with van der Waals surface area (Å²) in [6.07, 6.45) is 6.00. The number of piperidine rings is 1. The highest BCUT2D eigenvalue weighted by molar-refractivity contribution is 5.79. The standard InChI is InChI=1S/C19H20N4O3/c24-16(11-23-14-4-1-2-5-15(14)26-18(23)25)22-9-3-7-19(12-22)8-6-13-10-20-21-17(13)19/h1-2,4-5,10H,3,6-9,11-12H2,(H,20,21). The molecule has 0 saturated carbocycles. The molecular formula is C19H20N4O3. The number of benzene rings is 1. The lowest BCUT2D eigenvalue weighted by atomic mass is 9.77. The predicted octanol–water partition coefficient (Wildman–Crippen LogP) is 1.82. The van der Waals surface area contributed by atoms with Gasteiger partial charge in [-0.25, -0.2) is 4.79 Å². The SMILES string of the molecule is O=C(Cn1c(=O)oc2ccccc21)N1CCCC2(CCc3cn[nH]c32)C1. The minimum atomic E-state index is -0.483. The van der Waals surface area contributed by atoms with Gasteiger partial charge in [0.2, 0.25) is 5.91 Å². The zero-order chi connectivity index (χ0) is 17.7. The molecule has 1 saturated heterocycles. The number of carbonyl (C=O) groups is 1. The number of hydrogen-bond donors (Lipinski definition) is 1. The summed E-state index contributed by atoms with van der Waals surface area (Å²) in [5.41, 5.74) is 3.63. The van der Waals surface area contributed by atoms with Crippen molar-refractivity contribution in [2.75, 3.05) is 13.1 Å². The van der Waals surface area contributed by atoms with Gasteiger partial charge in [-0.2, -0.15) is 5.10 Å². The first-order valence-electron chi connectivity index (χ1n) is 9.05. The Kier molecular flexibility index (Phi) is 3.32. The molecule has 26 heavy (non-hydrogen) atoms. The van der Waals surface area contributed by atoms with E-state index in [2.05, 4.69) is 10.2 Å². The number of amides is 1. The van der Waals surface area contributed by atoms with Gasteiger partial charge in [0.1, 0.15) is 6.54 Å². The Bertz CT molecular complexity index is 1050. The van der Waals surface area contributed by atoms with Crippen LogP contribution in [0.3, 0.4) is 0 Å². The van der Waals surface area contributed by atoms with Crippen LogP contribution in [0, 0.1) is 0 Å². The molecular weight excluding hydrogens is 332 g/mol. The van der Waals surface area contributed by atoms with Gasteiger partial charge in [-0.05, 0) is 43.4 Å². The molecule has 1 aromatic carbocycles. The Hall–Kier alpha value is -2.83. The van der Waals surface area contributed by atoms with Crippen molar-refractivity contribution in [3.63, 3.8) is 0 Å². The number of aromatic amines is 1. The molecule has 0 bridgehead atoms. The minimum absolute atomic E-state index is 0.0107. The third-order valence-corrected chi connectivity index (χ3v) is 5.92. The lowest BCUT2D eigenvalue weighted by Crippen LogP contribution is -2.49. The van der Waals surface area contributed by atoms with Crippen LogP contribution in [0.25, 0.3) is 11.1 Å². The Labute approximate surface area is 149 Å². The highest BCUT2D eigenvalue weighted by atomic mass is 16.4. The normalized spacial score (nSPS) is 22.2. The maximum Gasteiger partial charge on any atom is 0.420 e. The van der Waals surface area contributed by atoms with Gasteiger partial charge in [-0.15, -0.1) is 0 Å². The number of oxazole rings is 1. The minimum Gasteiger partial charge on any atom is -0.408 e. The lowest BCUT2D eigenvalue weighted by Gasteiger charge is -2.40. The number of carbonyl (C=O) groups excluding carboxylic acids is 1. The maximum absolute atomic E-state index is 13.0. The Morgan fingerprint density at radius 3 is 3.12 bits per heavy atom. The number of nitrogens with zero attached hydrogens (tertiary/aromatic N) is 3. The summed E-state index contributed by atoms with van der Waals surface area (Å²) in [4.78, 5) is 27.0. The van der Waals surface area contributed by atoms with Crippen LogP contribution in [0.4, 0.5) is 0 Å². The summed E-state index contributed by atoms with van der Waals surface area (Å²) in [6.45, 7) is 1.43. The summed E-state index contributed by atoms with van der Waals surface area (Å²) in [5, 5.41) is 7.34. The molecule has 2 aliphatic rings. The molecule has 1 aliphatic heterocycles. The zero-order valence-electron chi connectivity index (χ0n) is 14.4. The van der Waals surface area contributed by atoms with E-state index in [4.69, 9.17) is 4.42 Å². The van der Waals surface area contributed by atoms with Crippen molar-refractivity contribution in [3.8, 4) is 0 Å². The molecule has 2 aromatic heterocycles. The highest BCUT2D eigenvalue weighted by Gasteiger charge is 2.44. The number of rotatable bonds is 2. The van der Waals surface area contributed by atoms with Crippen LogP contribution in [-0.2, 0) is 23.2 Å². The van der Waals surface area contributed by atoms with Crippen LogP contribution in [0.2, 0.25) is 0 Å². The van der Waals surface area contributed by atoms with Gasteiger partial charge in [-0.1, -0.05) is 12.1 Å². The van der Waals surface area contributed by atoms with Crippen LogP contribution in [0.1, 0.15) is 30.5 Å². The van der Waals surface area contributed by atoms with Crippen LogP contribution in [0.15, 0.2) is 39.7 Å². The highest BCUT2D eigenvalue weighted by Crippen LogP contribution is 2.43. The second-order valence-electron chi connectivity index (χ2n) is 7.39. The van der Waals surface area contributed by atoms with Gasteiger partial charge in [-0.3, -0.25) is 14.5 Å². The molecule has 7 heteroatoms. The fourth-order valence-corrected chi connectivity index (χ4v) is 4.61. The number of nitrogens with one attached hydrogen (secondary N) is 1. The fraction of sp³-hybridized carbons (Fsp3) is 0.421. The molecule has 1 atom stereocenters. The van der Waals surface area contributed by atoms with Gasteiger partial charge in [0, 0.05) is 24.2 Å². The molecule has 1 aliphatic carbocycles. The molecule has 1 fully saturated rings. The molecule has 3 heterocycles. The van der Waals surface area contributed by atoms with Gasteiger partial charge >= 0.3 is 5.76 Å². The van der Waals surface area contributed by atoms with E-state index in [0.29, 0.717) is 17.6 Å². The van der Waals surface area contributed by atoms with Gasteiger partial charge in [0.25, 0.3) is 0 Å². The van der Waals surface area contributed by atoms with Gasteiger partial charge in [0.05, 0.1) is 11.7 Å². The van der Waals surface area contributed by atoms with Crippen molar-refractivity contribution in [2.45, 2.75) is 37.6 Å². The molecule has 5 rings (SSSR count). The topological polar surface area (TPSA) is 84.1 Å². The third kappa shape index (κ3) is 2.23. The van der Waals surface area contributed by atoms with E-state index in [9.17, 15) is 9.59 Å².